The molecule has 52 valence electrons. The third-order valence-electron chi connectivity index (χ3n) is 1.46. The zero-order chi connectivity index (χ0) is 6.27. The van der Waals surface area contributed by atoms with Gasteiger partial charge in [0.15, 0.2) is 0 Å². The Morgan fingerprint density at radius 3 is 2.90 bits per heavy atom. The van der Waals surface area contributed by atoms with Gasteiger partial charge >= 0.3 is 29.6 Å². The van der Waals surface area contributed by atoms with Gasteiger partial charge in [0.2, 0.25) is 9.53 Å². The zero-order valence-electron chi connectivity index (χ0n) is 5.74. The molecular formula is C4H7NaO4Si. The molecule has 0 amide bonds. The SMILES string of the molecule is O[Si-]1O[C@H]2OCC[C@H]2O1.[Na+]. The molecule has 2 fully saturated rings. The van der Waals surface area contributed by atoms with Crippen molar-refractivity contribution in [2.45, 2.75) is 18.8 Å². The Kier molecular flexibility index (Phi) is 3.33. The Morgan fingerprint density at radius 2 is 2.20 bits per heavy atom. The smallest absolute Gasteiger partial charge is 0.556 e. The van der Waals surface area contributed by atoms with Crippen molar-refractivity contribution in [3.63, 3.8) is 0 Å². The fourth-order valence-electron chi connectivity index (χ4n) is 1.02. The Morgan fingerprint density at radius 1 is 1.40 bits per heavy atom. The molecule has 6 heteroatoms. The summed E-state index contributed by atoms with van der Waals surface area (Å²) in [5.74, 6) is 0. The summed E-state index contributed by atoms with van der Waals surface area (Å²) >= 11 is 0. The average Bonchev–Trinajstić information content (AvgIpc) is 2.22. The topological polar surface area (TPSA) is 47.9 Å². The summed E-state index contributed by atoms with van der Waals surface area (Å²) < 4.78 is 15.0. The van der Waals surface area contributed by atoms with E-state index < -0.39 is 9.53 Å². The minimum absolute atomic E-state index is 0. The molecule has 0 radical (unpaired) electrons. The molecule has 0 aromatic carbocycles. The van der Waals surface area contributed by atoms with E-state index in [-0.39, 0.29) is 42.0 Å². The molecular weight excluding hydrogens is 163 g/mol. The van der Waals surface area contributed by atoms with Crippen LogP contribution in [0.5, 0.6) is 0 Å². The fourth-order valence-corrected chi connectivity index (χ4v) is 1.99. The van der Waals surface area contributed by atoms with E-state index in [2.05, 4.69) is 0 Å². The van der Waals surface area contributed by atoms with Crippen LogP contribution in [0.2, 0.25) is 0 Å². The number of hydrogen-bond acceptors (Lipinski definition) is 4. The molecule has 0 spiro atoms. The van der Waals surface area contributed by atoms with E-state index in [0.29, 0.717) is 6.61 Å². The van der Waals surface area contributed by atoms with Gasteiger partial charge in [-0.2, -0.15) is 0 Å². The van der Waals surface area contributed by atoms with Crippen molar-refractivity contribution in [1.29, 1.82) is 0 Å². The van der Waals surface area contributed by atoms with E-state index in [1.54, 1.807) is 0 Å². The predicted octanol–water partition coefficient (Wildman–Crippen LogP) is -3.87. The summed E-state index contributed by atoms with van der Waals surface area (Å²) in [5, 5.41) is 0. The molecule has 2 heterocycles. The van der Waals surface area contributed by atoms with Gasteiger partial charge in [-0.15, -0.1) is 0 Å². The molecule has 0 aliphatic carbocycles. The van der Waals surface area contributed by atoms with Crippen LogP contribution >= 0.6 is 0 Å². The van der Waals surface area contributed by atoms with Gasteiger partial charge < -0.3 is 18.4 Å². The average molecular weight is 170 g/mol. The van der Waals surface area contributed by atoms with Gasteiger partial charge in [0.1, 0.15) is 6.29 Å². The molecule has 2 aliphatic rings. The summed E-state index contributed by atoms with van der Waals surface area (Å²) in [4.78, 5) is 8.81. The van der Waals surface area contributed by atoms with Crippen LogP contribution in [0.4, 0.5) is 0 Å². The molecule has 10 heavy (non-hydrogen) atoms. The van der Waals surface area contributed by atoms with Crippen LogP contribution in [0.1, 0.15) is 6.42 Å². The molecule has 2 rings (SSSR count). The first-order valence-electron chi connectivity index (χ1n) is 2.87. The molecule has 2 aliphatic heterocycles. The van der Waals surface area contributed by atoms with E-state index in [0.717, 1.165) is 6.42 Å². The molecule has 2 atom stereocenters. The van der Waals surface area contributed by atoms with Crippen molar-refractivity contribution < 1.29 is 47.9 Å². The van der Waals surface area contributed by atoms with E-state index >= 15 is 0 Å². The van der Waals surface area contributed by atoms with Gasteiger partial charge in [0.05, 0.1) is 12.7 Å². The van der Waals surface area contributed by atoms with Gasteiger partial charge in [-0.1, -0.05) is 0 Å². The van der Waals surface area contributed by atoms with Gasteiger partial charge in [0, 0.05) is 0 Å². The molecule has 4 nitrogen and oxygen atoms in total. The van der Waals surface area contributed by atoms with Crippen LogP contribution in [0.25, 0.3) is 0 Å². The first-order valence-corrected chi connectivity index (χ1v) is 4.13. The van der Waals surface area contributed by atoms with Gasteiger partial charge in [-0.3, -0.25) is 0 Å². The standard InChI is InChI=1S/C4H7O4Si.Na/c5-9-7-3-1-2-6-4(3)8-9;/h3-5H,1-2H2;/q-1;+1/t3-,4-;/m1./s1. The second-order valence-electron chi connectivity index (χ2n) is 2.07. The summed E-state index contributed by atoms with van der Waals surface area (Å²) in [6, 6.07) is 0. The quantitative estimate of drug-likeness (QED) is 0.378. The van der Waals surface area contributed by atoms with Crippen molar-refractivity contribution in [2.75, 3.05) is 6.61 Å². The van der Waals surface area contributed by atoms with Crippen molar-refractivity contribution in [2.24, 2.45) is 0 Å². The maximum Gasteiger partial charge on any atom is 1.00 e. The Balaban J connectivity index is 0.000000500. The van der Waals surface area contributed by atoms with Crippen molar-refractivity contribution in [3.8, 4) is 0 Å². The van der Waals surface area contributed by atoms with Crippen LogP contribution in [-0.2, 0) is 13.6 Å². The van der Waals surface area contributed by atoms with Crippen LogP contribution in [0.15, 0.2) is 0 Å². The van der Waals surface area contributed by atoms with Crippen LogP contribution in [-0.4, -0.2) is 33.3 Å². The summed E-state index contributed by atoms with van der Waals surface area (Å²) in [5.41, 5.74) is 0. The first-order chi connectivity index (χ1) is 4.36. The maximum atomic E-state index is 8.81. The van der Waals surface area contributed by atoms with Crippen molar-refractivity contribution in [1.82, 2.24) is 0 Å². The summed E-state index contributed by atoms with van der Waals surface area (Å²) in [6.45, 7) is 0.685. The van der Waals surface area contributed by atoms with Crippen LogP contribution in [0, 0.1) is 0 Å². The second-order valence-corrected chi connectivity index (χ2v) is 3.07. The molecule has 0 aromatic heterocycles. The Hall–Kier alpha value is 1.06. The number of ether oxygens (including phenoxy) is 1. The van der Waals surface area contributed by atoms with E-state index in [1.807, 2.05) is 0 Å². The summed E-state index contributed by atoms with van der Waals surface area (Å²) in [6.07, 6.45) is 0.576. The van der Waals surface area contributed by atoms with Gasteiger partial charge in [0.25, 0.3) is 0 Å². The van der Waals surface area contributed by atoms with Crippen LogP contribution in [0.3, 0.4) is 0 Å². The number of rotatable bonds is 0. The third kappa shape index (κ3) is 1.62. The second kappa shape index (κ2) is 3.64. The van der Waals surface area contributed by atoms with E-state index in [4.69, 9.17) is 18.4 Å². The Bertz CT molecular complexity index is 112. The first kappa shape index (κ1) is 9.15. The largest absolute Gasteiger partial charge is 1.00 e. The maximum absolute atomic E-state index is 8.81. The predicted molar refractivity (Wildman–Crippen MR) is 28.3 cm³/mol. The van der Waals surface area contributed by atoms with Crippen molar-refractivity contribution in [3.05, 3.63) is 0 Å². The minimum Gasteiger partial charge on any atom is -0.556 e. The van der Waals surface area contributed by atoms with E-state index in [9.17, 15) is 0 Å². The molecule has 1 N–H and O–H groups in total. The van der Waals surface area contributed by atoms with Gasteiger partial charge in [-0.05, 0) is 6.42 Å². The molecule has 0 saturated carbocycles. The fraction of sp³-hybridized carbons (Fsp3) is 1.00. The Labute approximate surface area is 82.7 Å². The van der Waals surface area contributed by atoms with Crippen molar-refractivity contribution >= 4 is 9.53 Å². The normalized spacial score (nSPS) is 39.3. The summed E-state index contributed by atoms with van der Waals surface area (Å²) in [7, 11) is -1.94. The minimum atomic E-state index is -1.94. The van der Waals surface area contributed by atoms with E-state index in [1.165, 1.54) is 0 Å². The van der Waals surface area contributed by atoms with Gasteiger partial charge in [-0.25, -0.2) is 0 Å². The monoisotopic (exact) mass is 170 g/mol. The number of fused-ring (bicyclic) bond motifs is 1. The van der Waals surface area contributed by atoms with Crippen LogP contribution < -0.4 is 29.6 Å². The molecule has 0 unspecified atom stereocenters. The third-order valence-corrected chi connectivity index (χ3v) is 2.40. The molecule has 0 bridgehead atoms. The molecule has 2 saturated heterocycles. The molecule has 0 aromatic rings. The zero-order valence-corrected chi connectivity index (χ0v) is 8.74. The number of hydrogen-bond donors (Lipinski definition) is 1.